The molecule has 3 heterocycles. The van der Waals surface area contributed by atoms with Crippen LogP contribution in [0.4, 0.5) is 0 Å². The first-order valence-corrected chi connectivity index (χ1v) is 8.48. The normalized spacial score (nSPS) is 18.5. The SMILES string of the molecule is OCC1c2ccccc2CCN1Cc1cnc2ccsc2c1. The van der Waals surface area contributed by atoms with Crippen molar-refractivity contribution in [3.63, 3.8) is 0 Å². The number of fused-ring (bicyclic) bond motifs is 2. The molecule has 3 nitrogen and oxygen atoms in total. The first-order valence-electron chi connectivity index (χ1n) is 7.60. The van der Waals surface area contributed by atoms with Gasteiger partial charge in [0.2, 0.25) is 0 Å². The second-order valence-corrected chi connectivity index (χ2v) is 6.71. The molecule has 1 unspecified atom stereocenters. The van der Waals surface area contributed by atoms with Crippen LogP contribution in [0, 0.1) is 0 Å². The summed E-state index contributed by atoms with van der Waals surface area (Å²) in [6, 6.07) is 12.8. The van der Waals surface area contributed by atoms with Crippen molar-refractivity contribution in [3.8, 4) is 0 Å². The lowest BCUT2D eigenvalue weighted by Crippen LogP contribution is -2.36. The van der Waals surface area contributed by atoms with Crippen LogP contribution in [-0.4, -0.2) is 28.1 Å². The standard InChI is InChI=1S/C18H18N2OS/c21-12-17-15-4-2-1-3-14(15)5-7-20(17)11-13-9-18-16(19-10-13)6-8-22-18/h1-4,6,8-10,17,21H,5,7,11-12H2. The van der Waals surface area contributed by atoms with Crippen LogP contribution in [-0.2, 0) is 13.0 Å². The summed E-state index contributed by atoms with van der Waals surface area (Å²) in [6.45, 7) is 1.97. The number of hydrogen-bond donors (Lipinski definition) is 1. The second kappa shape index (κ2) is 5.80. The molecule has 4 rings (SSSR count). The van der Waals surface area contributed by atoms with Gasteiger partial charge in [-0.2, -0.15) is 0 Å². The van der Waals surface area contributed by atoms with E-state index < -0.39 is 0 Å². The summed E-state index contributed by atoms with van der Waals surface area (Å²) in [6.07, 6.45) is 3.01. The number of aromatic nitrogens is 1. The summed E-state index contributed by atoms with van der Waals surface area (Å²) in [5.74, 6) is 0. The molecule has 0 bridgehead atoms. The van der Waals surface area contributed by atoms with Crippen molar-refractivity contribution < 1.29 is 5.11 Å². The van der Waals surface area contributed by atoms with Crippen LogP contribution >= 0.6 is 11.3 Å². The highest BCUT2D eigenvalue weighted by atomic mass is 32.1. The van der Waals surface area contributed by atoms with Crippen molar-refractivity contribution in [2.45, 2.75) is 19.0 Å². The molecule has 22 heavy (non-hydrogen) atoms. The second-order valence-electron chi connectivity index (χ2n) is 5.77. The minimum absolute atomic E-state index is 0.0870. The highest BCUT2D eigenvalue weighted by molar-refractivity contribution is 7.17. The number of rotatable bonds is 3. The third-order valence-electron chi connectivity index (χ3n) is 4.44. The van der Waals surface area contributed by atoms with E-state index in [0.717, 1.165) is 25.0 Å². The average molecular weight is 310 g/mol. The van der Waals surface area contributed by atoms with Crippen LogP contribution in [0.1, 0.15) is 22.7 Å². The average Bonchev–Trinajstić information content (AvgIpc) is 3.02. The molecular formula is C18H18N2OS. The Morgan fingerprint density at radius 2 is 2.18 bits per heavy atom. The van der Waals surface area contributed by atoms with Crippen LogP contribution in [0.5, 0.6) is 0 Å². The van der Waals surface area contributed by atoms with Crippen LogP contribution < -0.4 is 0 Å². The molecule has 3 aromatic rings. The van der Waals surface area contributed by atoms with E-state index in [2.05, 4.69) is 51.7 Å². The summed E-state index contributed by atoms with van der Waals surface area (Å²) >= 11 is 1.73. The van der Waals surface area contributed by atoms with Gasteiger partial charge >= 0.3 is 0 Å². The molecule has 1 N–H and O–H groups in total. The van der Waals surface area contributed by atoms with Gasteiger partial charge in [0.1, 0.15) is 0 Å². The van der Waals surface area contributed by atoms with Crippen molar-refractivity contribution in [2.75, 3.05) is 13.2 Å². The van der Waals surface area contributed by atoms with E-state index in [1.165, 1.54) is 21.4 Å². The van der Waals surface area contributed by atoms with Crippen molar-refractivity contribution >= 4 is 21.6 Å². The maximum absolute atomic E-state index is 9.87. The zero-order valence-electron chi connectivity index (χ0n) is 12.3. The third-order valence-corrected chi connectivity index (χ3v) is 5.29. The van der Waals surface area contributed by atoms with E-state index in [0.29, 0.717) is 0 Å². The molecule has 4 heteroatoms. The lowest BCUT2D eigenvalue weighted by atomic mass is 9.92. The van der Waals surface area contributed by atoms with Crippen LogP contribution in [0.25, 0.3) is 10.2 Å². The molecule has 1 aliphatic heterocycles. The number of aliphatic hydroxyl groups excluding tert-OH is 1. The van der Waals surface area contributed by atoms with Gasteiger partial charge in [-0.05, 0) is 40.6 Å². The summed E-state index contributed by atoms with van der Waals surface area (Å²) in [7, 11) is 0. The van der Waals surface area contributed by atoms with E-state index in [-0.39, 0.29) is 12.6 Å². The minimum Gasteiger partial charge on any atom is -0.394 e. The van der Waals surface area contributed by atoms with Gasteiger partial charge < -0.3 is 5.11 Å². The lowest BCUT2D eigenvalue weighted by Gasteiger charge is -2.36. The Bertz CT molecular complexity index is 798. The molecule has 1 aromatic carbocycles. The van der Waals surface area contributed by atoms with Crippen molar-refractivity contribution in [2.24, 2.45) is 0 Å². The number of aliphatic hydroxyl groups is 1. The molecule has 1 atom stereocenters. The predicted molar refractivity (Wildman–Crippen MR) is 90.0 cm³/mol. The Morgan fingerprint density at radius 1 is 1.27 bits per heavy atom. The maximum atomic E-state index is 9.87. The molecule has 0 amide bonds. The third kappa shape index (κ3) is 2.43. The van der Waals surface area contributed by atoms with Crippen LogP contribution in [0.15, 0.2) is 48.0 Å². The quantitative estimate of drug-likeness (QED) is 0.805. The Kier molecular flexibility index (Phi) is 3.66. The Balaban J connectivity index is 1.62. The fourth-order valence-corrected chi connectivity index (χ4v) is 4.12. The lowest BCUT2D eigenvalue weighted by molar-refractivity contribution is 0.108. The molecule has 112 valence electrons. The first kappa shape index (κ1) is 13.9. The van der Waals surface area contributed by atoms with E-state index in [4.69, 9.17) is 0 Å². The van der Waals surface area contributed by atoms with Crippen molar-refractivity contribution in [1.29, 1.82) is 0 Å². The van der Waals surface area contributed by atoms with Gasteiger partial charge in [0, 0.05) is 19.3 Å². The Labute approximate surface area is 133 Å². The van der Waals surface area contributed by atoms with Crippen LogP contribution in [0.3, 0.4) is 0 Å². The zero-order valence-corrected chi connectivity index (χ0v) is 13.1. The topological polar surface area (TPSA) is 36.4 Å². The molecule has 0 aliphatic carbocycles. The zero-order chi connectivity index (χ0) is 14.9. The van der Waals surface area contributed by atoms with Gasteiger partial charge in [-0.15, -0.1) is 11.3 Å². The van der Waals surface area contributed by atoms with E-state index in [1.54, 1.807) is 11.3 Å². The number of benzene rings is 1. The summed E-state index contributed by atoms with van der Waals surface area (Å²) in [4.78, 5) is 6.88. The predicted octanol–water partition coefficient (Wildman–Crippen LogP) is 3.39. The highest BCUT2D eigenvalue weighted by Crippen LogP contribution is 2.31. The fraction of sp³-hybridized carbons (Fsp3) is 0.278. The van der Waals surface area contributed by atoms with Crippen molar-refractivity contribution in [3.05, 3.63) is 64.7 Å². The van der Waals surface area contributed by atoms with Gasteiger partial charge in [0.25, 0.3) is 0 Å². The molecular weight excluding hydrogens is 292 g/mol. The van der Waals surface area contributed by atoms with Gasteiger partial charge in [-0.3, -0.25) is 9.88 Å². The number of hydrogen-bond acceptors (Lipinski definition) is 4. The Hall–Kier alpha value is -1.75. The smallest absolute Gasteiger partial charge is 0.0809 e. The van der Waals surface area contributed by atoms with Gasteiger partial charge in [0.05, 0.1) is 22.9 Å². The summed E-state index contributed by atoms with van der Waals surface area (Å²) in [5, 5.41) is 11.9. The van der Waals surface area contributed by atoms with Crippen LogP contribution in [0.2, 0.25) is 0 Å². The summed E-state index contributed by atoms with van der Waals surface area (Å²) in [5.41, 5.74) is 4.91. The fourth-order valence-electron chi connectivity index (χ4n) is 3.31. The van der Waals surface area contributed by atoms with Gasteiger partial charge in [0.15, 0.2) is 0 Å². The van der Waals surface area contributed by atoms with E-state index >= 15 is 0 Å². The molecule has 1 aliphatic rings. The molecule has 0 spiro atoms. The van der Waals surface area contributed by atoms with E-state index in [1.807, 2.05) is 6.20 Å². The largest absolute Gasteiger partial charge is 0.394 e. The highest BCUT2D eigenvalue weighted by Gasteiger charge is 2.26. The molecule has 0 radical (unpaired) electrons. The van der Waals surface area contributed by atoms with Gasteiger partial charge in [-0.1, -0.05) is 24.3 Å². The summed E-state index contributed by atoms with van der Waals surface area (Å²) < 4.78 is 1.23. The minimum atomic E-state index is 0.0870. The number of pyridine rings is 1. The number of nitrogens with zero attached hydrogens (tertiary/aromatic N) is 2. The molecule has 0 saturated heterocycles. The van der Waals surface area contributed by atoms with E-state index in [9.17, 15) is 5.11 Å². The van der Waals surface area contributed by atoms with Crippen molar-refractivity contribution in [1.82, 2.24) is 9.88 Å². The Morgan fingerprint density at radius 3 is 3.09 bits per heavy atom. The molecule has 0 fully saturated rings. The molecule has 2 aromatic heterocycles. The van der Waals surface area contributed by atoms with Gasteiger partial charge in [-0.25, -0.2) is 0 Å². The first-order chi connectivity index (χ1) is 10.8. The molecule has 0 saturated carbocycles. The number of thiophene rings is 1. The monoisotopic (exact) mass is 310 g/mol. The maximum Gasteiger partial charge on any atom is 0.0809 e.